The Morgan fingerprint density at radius 2 is 2.10 bits per heavy atom. The third-order valence-electron chi connectivity index (χ3n) is 3.51. The van der Waals surface area contributed by atoms with Crippen molar-refractivity contribution in [1.29, 1.82) is 0 Å². The van der Waals surface area contributed by atoms with Gasteiger partial charge in [0.05, 0.1) is 5.69 Å². The Morgan fingerprint density at radius 1 is 1.38 bits per heavy atom. The standard InChI is InChI=1S/C15H21N5O/c1-10-13(11(2)20(5)18-10)9-17-12-6-7-16-14(8-12)15(21)19(3)4/h6-8H,9H2,1-5H3,(H,16,17). The number of aromatic nitrogens is 3. The molecule has 1 amide bonds. The quantitative estimate of drug-likeness (QED) is 0.930. The number of nitrogens with zero attached hydrogens (tertiary/aromatic N) is 4. The van der Waals surface area contributed by atoms with Crippen LogP contribution in [0.25, 0.3) is 0 Å². The molecule has 0 bridgehead atoms. The lowest BCUT2D eigenvalue weighted by Gasteiger charge is -2.11. The van der Waals surface area contributed by atoms with E-state index in [0.29, 0.717) is 12.2 Å². The molecule has 0 aliphatic carbocycles. The van der Waals surface area contributed by atoms with Crippen LogP contribution < -0.4 is 5.32 Å². The van der Waals surface area contributed by atoms with E-state index in [-0.39, 0.29) is 5.91 Å². The molecule has 112 valence electrons. The summed E-state index contributed by atoms with van der Waals surface area (Å²) >= 11 is 0. The lowest BCUT2D eigenvalue weighted by atomic mass is 10.2. The number of anilines is 1. The molecule has 21 heavy (non-hydrogen) atoms. The molecule has 2 aromatic heterocycles. The van der Waals surface area contributed by atoms with Crippen LogP contribution in [0.15, 0.2) is 18.3 Å². The third-order valence-corrected chi connectivity index (χ3v) is 3.51. The van der Waals surface area contributed by atoms with Crippen molar-refractivity contribution < 1.29 is 4.79 Å². The topological polar surface area (TPSA) is 63.1 Å². The summed E-state index contributed by atoms with van der Waals surface area (Å²) in [5.41, 5.74) is 4.64. The maximum absolute atomic E-state index is 11.9. The summed E-state index contributed by atoms with van der Waals surface area (Å²) in [5.74, 6) is -0.104. The monoisotopic (exact) mass is 287 g/mol. The normalized spacial score (nSPS) is 10.5. The van der Waals surface area contributed by atoms with Crippen molar-refractivity contribution in [3.05, 3.63) is 41.0 Å². The highest BCUT2D eigenvalue weighted by Crippen LogP contribution is 2.15. The Bertz CT molecular complexity index is 660. The van der Waals surface area contributed by atoms with Gasteiger partial charge in [-0.15, -0.1) is 0 Å². The van der Waals surface area contributed by atoms with Crippen molar-refractivity contribution in [1.82, 2.24) is 19.7 Å². The largest absolute Gasteiger partial charge is 0.381 e. The van der Waals surface area contributed by atoms with Crippen LogP contribution in [0.4, 0.5) is 5.69 Å². The van der Waals surface area contributed by atoms with Crippen molar-refractivity contribution in [3.63, 3.8) is 0 Å². The first-order valence-electron chi connectivity index (χ1n) is 6.80. The van der Waals surface area contributed by atoms with Gasteiger partial charge in [0, 0.05) is 50.8 Å². The van der Waals surface area contributed by atoms with Gasteiger partial charge in [-0.25, -0.2) is 0 Å². The van der Waals surface area contributed by atoms with Crippen LogP contribution >= 0.6 is 0 Å². The Morgan fingerprint density at radius 3 is 2.67 bits per heavy atom. The van der Waals surface area contributed by atoms with E-state index in [0.717, 1.165) is 17.1 Å². The second-order valence-electron chi connectivity index (χ2n) is 5.26. The molecule has 0 unspecified atom stereocenters. The van der Waals surface area contributed by atoms with E-state index in [1.807, 2.05) is 31.6 Å². The molecule has 2 heterocycles. The fourth-order valence-electron chi connectivity index (χ4n) is 2.15. The molecule has 2 rings (SSSR count). The van der Waals surface area contributed by atoms with Gasteiger partial charge in [0.1, 0.15) is 5.69 Å². The molecule has 1 N–H and O–H groups in total. The molecule has 0 spiro atoms. The van der Waals surface area contributed by atoms with Crippen molar-refractivity contribution in [2.45, 2.75) is 20.4 Å². The summed E-state index contributed by atoms with van der Waals surface area (Å²) < 4.78 is 1.87. The maximum atomic E-state index is 11.9. The molecule has 0 aliphatic rings. The van der Waals surface area contributed by atoms with E-state index in [1.165, 1.54) is 10.5 Å². The van der Waals surface area contributed by atoms with Crippen LogP contribution in [0, 0.1) is 13.8 Å². The van der Waals surface area contributed by atoms with Crippen LogP contribution in [-0.2, 0) is 13.6 Å². The lowest BCUT2D eigenvalue weighted by Crippen LogP contribution is -2.22. The van der Waals surface area contributed by atoms with E-state index in [1.54, 1.807) is 26.4 Å². The molecule has 6 heteroatoms. The summed E-state index contributed by atoms with van der Waals surface area (Å²) in [7, 11) is 5.37. The number of nitrogens with one attached hydrogen (secondary N) is 1. The highest BCUT2D eigenvalue weighted by atomic mass is 16.2. The zero-order valence-corrected chi connectivity index (χ0v) is 13.1. The van der Waals surface area contributed by atoms with Gasteiger partial charge in [0.25, 0.3) is 5.91 Å². The second-order valence-corrected chi connectivity index (χ2v) is 5.26. The van der Waals surface area contributed by atoms with Gasteiger partial charge in [0.15, 0.2) is 0 Å². The Balaban J connectivity index is 2.14. The summed E-state index contributed by atoms with van der Waals surface area (Å²) in [5, 5.41) is 7.72. The Hall–Kier alpha value is -2.37. The van der Waals surface area contributed by atoms with Crippen LogP contribution in [0.1, 0.15) is 27.4 Å². The van der Waals surface area contributed by atoms with Gasteiger partial charge in [-0.05, 0) is 26.0 Å². The second kappa shape index (κ2) is 5.95. The average Bonchev–Trinajstić information content (AvgIpc) is 2.69. The number of pyridine rings is 1. The smallest absolute Gasteiger partial charge is 0.272 e. The molecule has 0 saturated carbocycles. The SMILES string of the molecule is Cc1nn(C)c(C)c1CNc1ccnc(C(=O)N(C)C)c1. The highest BCUT2D eigenvalue weighted by molar-refractivity contribution is 5.92. The molecular weight excluding hydrogens is 266 g/mol. The van der Waals surface area contributed by atoms with E-state index in [9.17, 15) is 4.79 Å². The first-order chi connectivity index (χ1) is 9.90. The summed E-state index contributed by atoms with van der Waals surface area (Å²) in [4.78, 5) is 17.5. The van der Waals surface area contributed by atoms with Gasteiger partial charge in [-0.3, -0.25) is 14.5 Å². The van der Waals surface area contributed by atoms with Gasteiger partial charge in [-0.2, -0.15) is 5.10 Å². The summed E-state index contributed by atoms with van der Waals surface area (Å²) in [6.07, 6.45) is 1.64. The van der Waals surface area contributed by atoms with E-state index >= 15 is 0 Å². The molecule has 6 nitrogen and oxygen atoms in total. The Labute approximate surface area is 124 Å². The van der Waals surface area contributed by atoms with Crippen molar-refractivity contribution >= 4 is 11.6 Å². The predicted molar refractivity (Wildman–Crippen MR) is 82.3 cm³/mol. The van der Waals surface area contributed by atoms with Gasteiger partial charge < -0.3 is 10.2 Å². The van der Waals surface area contributed by atoms with Crippen LogP contribution in [0.3, 0.4) is 0 Å². The fraction of sp³-hybridized carbons (Fsp3) is 0.400. The number of hydrogen-bond donors (Lipinski definition) is 1. The van der Waals surface area contributed by atoms with Crippen LogP contribution in [-0.4, -0.2) is 39.7 Å². The molecule has 2 aromatic rings. The van der Waals surface area contributed by atoms with Crippen LogP contribution in [0.2, 0.25) is 0 Å². The predicted octanol–water partition coefficient (Wildman–Crippen LogP) is 1.75. The van der Waals surface area contributed by atoms with E-state index < -0.39 is 0 Å². The zero-order valence-electron chi connectivity index (χ0n) is 13.1. The molecule has 0 atom stereocenters. The third kappa shape index (κ3) is 3.21. The zero-order chi connectivity index (χ0) is 15.6. The van der Waals surface area contributed by atoms with Gasteiger partial charge >= 0.3 is 0 Å². The average molecular weight is 287 g/mol. The fourth-order valence-corrected chi connectivity index (χ4v) is 2.15. The maximum Gasteiger partial charge on any atom is 0.272 e. The number of amides is 1. The minimum absolute atomic E-state index is 0.104. The first kappa shape index (κ1) is 15.0. The summed E-state index contributed by atoms with van der Waals surface area (Å²) in [6, 6.07) is 3.62. The number of rotatable bonds is 4. The molecular formula is C15H21N5O. The van der Waals surface area contributed by atoms with Crippen LogP contribution in [0.5, 0.6) is 0 Å². The number of aryl methyl sites for hydroxylation is 2. The Kier molecular flexibility index (Phi) is 4.26. The first-order valence-corrected chi connectivity index (χ1v) is 6.80. The lowest BCUT2D eigenvalue weighted by molar-refractivity contribution is 0.0822. The summed E-state index contributed by atoms with van der Waals surface area (Å²) in [6.45, 7) is 4.72. The molecule has 0 radical (unpaired) electrons. The van der Waals surface area contributed by atoms with Crippen molar-refractivity contribution in [2.75, 3.05) is 19.4 Å². The molecule has 0 saturated heterocycles. The van der Waals surface area contributed by atoms with Crippen molar-refractivity contribution in [3.8, 4) is 0 Å². The minimum atomic E-state index is -0.104. The van der Waals surface area contributed by atoms with Gasteiger partial charge in [-0.1, -0.05) is 0 Å². The van der Waals surface area contributed by atoms with Crippen molar-refractivity contribution in [2.24, 2.45) is 7.05 Å². The van der Waals surface area contributed by atoms with E-state index in [2.05, 4.69) is 15.4 Å². The van der Waals surface area contributed by atoms with E-state index in [4.69, 9.17) is 0 Å². The molecule has 0 fully saturated rings. The molecule has 0 aromatic carbocycles. The minimum Gasteiger partial charge on any atom is -0.381 e. The number of carbonyl (C=O) groups excluding carboxylic acids is 1. The highest BCUT2D eigenvalue weighted by Gasteiger charge is 2.11. The number of carbonyl (C=O) groups is 1. The molecule has 0 aliphatic heterocycles. The van der Waals surface area contributed by atoms with Gasteiger partial charge in [0.2, 0.25) is 0 Å². The number of hydrogen-bond acceptors (Lipinski definition) is 4.